The molecule has 1 aliphatic rings. The van der Waals surface area contributed by atoms with Gasteiger partial charge in [-0.3, -0.25) is 0 Å². The lowest BCUT2D eigenvalue weighted by atomic mass is 9.42. The normalized spacial score (nSPS) is 20.4. The van der Waals surface area contributed by atoms with Crippen LogP contribution in [-0.4, -0.2) is 32.2 Å². The Balaban J connectivity index is 2.69. The highest BCUT2D eigenvalue weighted by atomic mass is 15.2. The Morgan fingerprint density at radius 1 is 1.00 bits per heavy atom. The molecule has 2 N–H and O–H groups in total. The lowest BCUT2D eigenvalue weighted by molar-refractivity contribution is 0.635. The van der Waals surface area contributed by atoms with Crippen LogP contribution in [0, 0.1) is 0 Å². The first-order valence-corrected chi connectivity index (χ1v) is 6.95. The molecule has 1 unspecified atom stereocenters. The number of hydrogen-bond acceptors (Lipinski definition) is 3. The Morgan fingerprint density at radius 2 is 1.50 bits per heavy atom. The maximum absolute atomic E-state index is 3.73. The number of hydrogen-bond donors (Lipinski definition) is 2. The van der Waals surface area contributed by atoms with Crippen LogP contribution in [0.25, 0.3) is 0 Å². The highest BCUT2D eigenvalue weighted by molar-refractivity contribution is 6.87. The van der Waals surface area contributed by atoms with E-state index in [-0.39, 0.29) is 0 Å². The van der Waals surface area contributed by atoms with Crippen LogP contribution in [0.3, 0.4) is 0 Å². The number of nitrogens with one attached hydrogen (secondary N) is 2. The lowest BCUT2D eigenvalue weighted by Crippen LogP contribution is -2.76. The molecule has 0 amide bonds. The molecular weight excluding hydrogens is 195 g/mol. The van der Waals surface area contributed by atoms with Crippen LogP contribution in [0.4, 0.5) is 0 Å². The van der Waals surface area contributed by atoms with Crippen LogP contribution >= 0.6 is 0 Å². The van der Waals surface area contributed by atoms with Gasteiger partial charge in [0.1, 0.15) is 0 Å². The molecule has 0 aromatic heterocycles. The summed E-state index contributed by atoms with van der Waals surface area (Å²) < 4.78 is 2.54. The van der Waals surface area contributed by atoms with Crippen molar-refractivity contribution in [1.29, 1.82) is 0 Å². The number of rotatable bonds is 5. The topological polar surface area (TPSA) is 27.3 Å². The molecular formula is C10H26B3N3. The van der Waals surface area contributed by atoms with Gasteiger partial charge in [-0.05, 0) is 25.0 Å². The maximum atomic E-state index is 3.73. The largest absolute Gasteiger partial charge is 0.371 e. The molecule has 1 atom stereocenters. The van der Waals surface area contributed by atoms with E-state index in [0.717, 1.165) is 6.54 Å². The molecule has 1 heterocycles. The van der Waals surface area contributed by atoms with Gasteiger partial charge in [-0.1, -0.05) is 41.0 Å². The van der Waals surface area contributed by atoms with E-state index in [0.29, 0.717) is 26.8 Å². The molecule has 0 aromatic carbocycles. The smallest absolute Gasteiger partial charge is 0.287 e. The van der Waals surface area contributed by atoms with E-state index in [1.54, 1.807) is 0 Å². The summed E-state index contributed by atoms with van der Waals surface area (Å²) in [5.41, 5.74) is 0. The Morgan fingerprint density at radius 3 is 1.81 bits per heavy atom. The third-order valence-corrected chi connectivity index (χ3v) is 3.90. The average Bonchev–Trinajstić information content (AvgIpc) is 2.35. The summed E-state index contributed by atoms with van der Waals surface area (Å²) in [6.45, 7) is 14.0. The third kappa shape index (κ3) is 3.05. The molecule has 0 spiro atoms. The van der Waals surface area contributed by atoms with Crippen molar-refractivity contribution in [2.45, 2.75) is 59.5 Å². The van der Waals surface area contributed by atoms with Gasteiger partial charge >= 0.3 is 0 Å². The molecule has 0 bridgehead atoms. The van der Waals surface area contributed by atoms with Gasteiger partial charge in [0.25, 0.3) is 20.9 Å². The summed E-state index contributed by atoms with van der Waals surface area (Å²) >= 11 is 0. The Labute approximate surface area is 102 Å². The van der Waals surface area contributed by atoms with E-state index < -0.39 is 0 Å². The molecule has 1 saturated heterocycles. The van der Waals surface area contributed by atoms with Gasteiger partial charge in [0, 0.05) is 0 Å². The zero-order valence-electron chi connectivity index (χ0n) is 11.6. The fourth-order valence-electron chi connectivity index (χ4n) is 2.58. The van der Waals surface area contributed by atoms with Gasteiger partial charge in [0.15, 0.2) is 0 Å². The molecule has 0 aliphatic carbocycles. The second kappa shape index (κ2) is 6.72. The van der Waals surface area contributed by atoms with Crippen molar-refractivity contribution in [3.8, 4) is 0 Å². The van der Waals surface area contributed by atoms with Crippen LogP contribution in [0.15, 0.2) is 0 Å². The van der Waals surface area contributed by atoms with Crippen molar-refractivity contribution in [2.24, 2.45) is 0 Å². The minimum atomic E-state index is 0.475. The quantitative estimate of drug-likeness (QED) is 0.693. The van der Waals surface area contributed by atoms with Crippen molar-refractivity contribution in [2.75, 3.05) is 6.54 Å². The van der Waals surface area contributed by atoms with E-state index in [2.05, 4.69) is 49.6 Å². The lowest BCUT2D eigenvalue weighted by Gasteiger charge is -2.43. The molecule has 0 radical (unpaired) electrons. The van der Waals surface area contributed by atoms with Crippen LogP contribution in [0.2, 0.25) is 18.5 Å². The summed E-state index contributed by atoms with van der Waals surface area (Å²) in [5, 5.41) is 7.47. The summed E-state index contributed by atoms with van der Waals surface area (Å²) in [5.74, 6) is 0.696. The molecule has 6 heteroatoms. The Bertz CT molecular complexity index is 192. The van der Waals surface area contributed by atoms with Crippen LogP contribution < -0.4 is 10.3 Å². The first-order chi connectivity index (χ1) is 7.67. The molecule has 1 aliphatic heterocycles. The van der Waals surface area contributed by atoms with Gasteiger partial charge in [-0.2, -0.15) is 0 Å². The zero-order valence-corrected chi connectivity index (χ0v) is 11.6. The monoisotopic (exact) mass is 221 g/mol. The predicted octanol–water partition coefficient (Wildman–Crippen LogP) is 1.81. The van der Waals surface area contributed by atoms with Crippen molar-refractivity contribution in [1.82, 2.24) is 15.0 Å². The van der Waals surface area contributed by atoms with Crippen molar-refractivity contribution in [3.05, 3.63) is 0 Å². The van der Waals surface area contributed by atoms with Crippen molar-refractivity contribution < 1.29 is 0 Å². The fraction of sp³-hybridized carbons (Fsp3) is 1.00. The standard InChI is InChI=1S/C10H26B3N3/c1-6-10(5)13-14-11(7-2)16(9-4)12(8-3)15-13/h10,14-15H,6-9H2,1-5H3. The maximum Gasteiger partial charge on any atom is 0.287 e. The summed E-state index contributed by atoms with van der Waals surface area (Å²) in [4.78, 5) is 0. The highest BCUT2D eigenvalue weighted by Gasteiger charge is 2.40. The molecule has 1 rings (SSSR count). The van der Waals surface area contributed by atoms with E-state index in [1.165, 1.54) is 19.1 Å². The highest BCUT2D eigenvalue weighted by Crippen LogP contribution is 2.16. The minimum Gasteiger partial charge on any atom is -0.371 e. The van der Waals surface area contributed by atoms with Crippen LogP contribution in [-0.2, 0) is 0 Å². The van der Waals surface area contributed by atoms with Gasteiger partial charge in [0.05, 0.1) is 0 Å². The van der Waals surface area contributed by atoms with E-state index in [9.17, 15) is 0 Å². The van der Waals surface area contributed by atoms with Crippen LogP contribution in [0.1, 0.15) is 41.0 Å². The van der Waals surface area contributed by atoms with E-state index >= 15 is 0 Å². The van der Waals surface area contributed by atoms with Gasteiger partial charge < -0.3 is 15.0 Å². The molecule has 16 heavy (non-hydrogen) atoms. The fourth-order valence-corrected chi connectivity index (χ4v) is 2.58. The Kier molecular flexibility index (Phi) is 5.94. The minimum absolute atomic E-state index is 0.475. The van der Waals surface area contributed by atoms with Crippen LogP contribution in [0.5, 0.6) is 0 Å². The Hall–Kier alpha value is 0.0748. The third-order valence-electron chi connectivity index (χ3n) is 3.90. The van der Waals surface area contributed by atoms with E-state index in [4.69, 9.17) is 0 Å². The second-order valence-corrected chi connectivity index (χ2v) is 4.88. The second-order valence-electron chi connectivity index (χ2n) is 4.88. The summed E-state index contributed by atoms with van der Waals surface area (Å²) in [6.07, 6.45) is 3.58. The SMILES string of the molecule is CCB1NB(C(C)CC)NB(CC)N1CC. The van der Waals surface area contributed by atoms with Gasteiger partial charge in [0.2, 0.25) is 0 Å². The summed E-state index contributed by atoms with van der Waals surface area (Å²) in [7, 11) is 0. The average molecular weight is 221 g/mol. The molecule has 1 fully saturated rings. The van der Waals surface area contributed by atoms with Crippen molar-refractivity contribution in [3.63, 3.8) is 0 Å². The molecule has 0 aromatic rings. The summed E-state index contributed by atoms with van der Waals surface area (Å²) in [6, 6.07) is 0. The first kappa shape index (κ1) is 14.1. The zero-order chi connectivity index (χ0) is 12.1. The van der Waals surface area contributed by atoms with E-state index in [1.807, 2.05) is 0 Å². The van der Waals surface area contributed by atoms with Gasteiger partial charge in [-0.25, -0.2) is 0 Å². The first-order valence-electron chi connectivity index (χ1n) is 6.95. The van der Waals surface area contributed by atoms with Gasteiger partial charge in [-0.15, -0.1) is 0 Å². The molecule has 0 saturated carbocycles. The molecule has 90 valence electrons. The predicted molar refractivity (Wildman–Crippen MR) is 76.6 cm³/mol. The number of nitrogens with zero attached hydrogens (tertiary/aromatic N) is 1. The molecule has 3 nitrogen and oxygen atoms in total. The van der Waals surface area contributed by atoms with Crippen molar-refractivity contribution >= 4 is 20.9 Å².